The molecule has 104 valence electrons. The Bertz CT molecular complexity index is 455. The Balaban J connectivity index is 1.61. The molecule has 3 rings (SSSR count). The third-order valence-electron chi connectivity index (χ3n) is 4.00. The van der Waals surface area contributed by atoms with Gasteiger partial charge < -0.3 is 19.7 Å². The van der Waals surface area contributed by atoms with Gasteiger partial charge in [0.25, 0.3) is 0 Å². The van der Waals surface area contributed by atoms with Gasteiger partial charge in [-0.15, -0.1) is 0 Å². The van der Waals surface area contributed by atoms with E-state index in [1.54, 1.807) is 0 Å². The summed E-state index contributed by atoms with van der Waals surface area (Å²) in [5, 5.41) is 3.45. The third kappa shape index (κ3) is 2.85. The molecule has 1 unspecified atom stereocenters. The van der Waals surface area contributed by atoms with Crippen LogP contribution in [0, 0.1) is 5.41 Å². The molecule has 0 saturated carbocycles. The summed E-state index contributed by atoms with van der Waals surface area (Å²) in [5.74, 6) is 1.73. The first kappa shape index (κ1) is 12.8. The summed E-state index contributed by atoms with van der Waals surface area (Å²) in [6, 6.07) is 6.22. The van der Waals surface area contributed by atoms with Gasteiger partial charge in [-0.05, 0) is 43.1 Å². The molecular formula is C15H22N2O2. The largest absolute Gasteiger partial charge is 0.454 e. The van der Waals surface area contributed by atoms with Crippen LogP contribution in [0.1, 0.15) is 18.9 Å². The lowest BCUT2D eigenvalue weighted by Gasteiger charge is -2.29. The maximum absolute atomic E-state index is 5.42. The summed E-state index contributed by atoms with van der Waals surface area (Å²) < 4.78 is 10.8. The van der Waals surface area contributed by atoms with E-state index in [0.29, 0.717) is 12.2 Å². The monoisotopic (exact) mass is 262 g/mol. The van der Waals surface area contributed by atoms with E-state index in [-0.39, 0.29) is 0 Å². The predicted molar refractivity (Wildman–Crippen MR) is 74.5 cm³/mol. The smallest absolute Gasteiger partial charge is 0.231 e. The van der Waals surface area contributed by atoms with E-state index >= 15 is 0 Å². The summed E-state index contributed by atoms with van der Waals surface area (Å²) >= 11 is 0. The first-order chi connectivity index (χ1) is 9.15. The van der Waals surface area contributed by atoms with E-state index < -0.39 is 0 Å². The van der Waals surface area contributed by atoms with Gasteiger partial charge in [-0.2, -0.15) is 0 Å². The van der Waals surface area contributed by atoms with Crippen molar-refractivity contribution in [1.82, 2.24) is 10.2 Å². The zero-order valence-corrected chi connectivity index (χ0v) is 11.7. The van der Waals surface area contributed by atoms with Gasteiger partial charge in [0, 0.05) is 19.6 Å². The van der Waals surface area contributed by atoms with Crippen LogP contribution >= 0.6 is 0 Å². The van der Waals surface area contributed by atoms with Crippen LogP contribution in [0.15, 0.2) is 18.2 Å². The second-order valence-electron chi connectivity index (χ2n) is 6.10. The number of fused-ring (bicyclic) bond motifs is 1. The molecule has 19 heavy (non-hydrogen) atoms. The van der Waals surface area contributed by atoms with Crippen LogP contribution in [0.4, 0.5) is 0 Å². The normalized spacial score (nSPS) is 25.2. The Labute approximate surface area is 114 Å². The van der Waals surface area contributed by atoms with Crippen molar-refractivity contribution in [3.8, 4) is 11.5 Å². The van der Waals surface area contributed by atoms with Crippen molar-refractivity contribution in [2.75, 3.05) is 33.5 Å². The lowest BCUT2D eigenvalue weighted by Crippen LogP contribution is -2.34. The summed E-state index contributed by atoms with van der Waals surface area (Å²) in [7, 11) is 2.19. The summed E-state index contributed by atoms with van der Waals surface area (Å²) in [4.78, 5) is 2.39. The van der Waals surface area contributed by atoms with Gasteiger partial charge in [0.2, 0.25) is 6.79 Å². The highest BCUT2D eigenvalue weighted by molar-refractivity contribution is 5.44. The number of benzene rings is 1. The molecule has 1 saturated heterocycles. The highest BCUT2D eigenvalue weighted by Gasteiger charge is 2.29. The van der Waals surface area contributed by atoms with Crippen molar-refractivity contribution in [3.05, 3.63) is 23.8 Å². The van der Waals surface area contributed by atoms with Gasteiger partial charge in [-0.1, -0.05) is 13.0 Å². The molecule has 2 aliphatic rings. The van der Waals surface area contributed by atoms with Crippen molar-refractivity contribution < 1.29 is 9.47 Å². The minimum atomic E-state index is 0.346. The molecule has 0 radical (unpaired) electrons. The first-order valence-electron chi connectivity index (χ1n) is 6.92. The highest BCUT2D eigenvalue weighted by atomic mass is 16.7. The van der Waals surface area contributed by atoms with Crippen LogP contribution < -0.4 is 14.8 Å². The molecule has 4 nitrogen and oxygen atoms in total. The van der Waals surface area contributed by atoms with Gasteiger partial charge in [-0.3, -0.25) is 0 Å². The fraction of sp³-hybridized carbons (Fsp3) is 0.600. The molecule has 0 spiro atoms. The molecule has 1 atom stereocenters. The second-order valence-corrected chi connectivity index (χ2v) is 6.10. The van der Waals surface area contributed by atoms with Crippen molar-refractivity contribution in [2.24, 2.45) is 5.41 Å². The predicted octanol–water partition coefficient (Wildman–Crippen LogP) is 1.85. The van der Waals surface area contributed by atoms with E-state index in [1.165, 1.54) is 12.0 Å². The van der Waals surface area contributed by atoms with Gasteiger partial charge in [-0.25, -0.2) is 0 Å². The lowest BCUT2D eigenvalue weighted by molar-refractivity contribution is 0.174. The molecule has 1 N–H and O–H groups in total. The molecule has 2 heterocycles. The Hall–Kier alpha value is -1.26. The van der Waals surface area contributed by atoms with E-state index in [9.17, 15) is 0 Å². The molecular weight excluding hydrogens is 240 g/mol. The molecule has 0 amide bonds. The Morgan fingerprint density at radius 2 is 2.16 bits per heavy atom. The topological polar surface area (TPSA) is 33.7 Å². The number of hydrogen-bond donors (Lipinski definition) is 1. The standard InChI is InChI=1S/C15H22N2O2/c1-15(5-6-16-9-15)10-17(2)8-12-3-4-13-14(7-12)19-11-18-13/h3-4,7,16H,5-6,8-11H2,1-2H3. The number of nitrogens with zero attached hydrogens (tertiary/aromatic N) is 1. The second kappa shape index (κ2) is 5.02. The minimum absolute atomic E-state index is 0.346. The molecule has 4 heteroatoms. The summed E-state index contributed by atoms with van der Waals surface area (Å²) in [6.45, 7) is 7.05. The average Bonchev–Trinajstić information content (AvgIpc) is 2.97. The zero-order chi connectivity index (χ0) is 13.3. The van der Waals surface area contributed by atoms with Crippen molar-refractivity contribution in [2.45, 2.75) is 19.9 Å². The molecule has 0 aliphatic carbocycles. The van der Waals surface area contributed by atoms with Gasteiger partial charge in [0.1, 0.15) is 0 Å². The first-order valence-corrected chi connectivity index (χ1v) is 6.92. The maximum Gasteiger partial charge on any atom is 0.231 e. The van der Waals surface area contributed by atoms with Crippen molar-refractivity contribution >= 4 is 0 Å². The average molecular weight is 262 g/mol. The van der Waals surface area contributed by atoms with Crippen molar-refractivity contribution in [3.63, 3.8) is 0 Å². The van der Waals surface area contributed by atoms with Crippen LogP contribution in [0.25, 0.3) is 0 Å². The van der Waals surface area contributed by atoms with Gasteiger partial charge in [0.05, 0.1) is 0 Å². The Morgan fingerprint density at radius 3 is 2.95 bits per heavy atom. The molecule has 1 fully saturated rings. The third-order valence-corrected chi connectivity index (χ3v) is 4.00. The Morgan fingerprint density at radius 1 is 1.32 bits per heavy atom. The van der Waals surface area contributed by atoms with Gasteiger partial charge in [0.15, 0.2) is 11.5 Å². The van der Waals surface area contributed by atoms with Gasteiger partial charge >= 0.3 is 0 Å². The van der Waals surface area contributed by atoms with Crippen LogP contribution in [0.3, 0.4) is 0 Å². The number of nitrogens with one attached hydrogen (secondary N) is 1. The van der Waals surface area contributed by atoms with E-state index in [2.05, 4.69) is 36.3 Å². The van der Waals surface area contributed by atoms with E-state index in [1.807, 2.05) is 6.07 Å². The molecule has 1 aromatic rings. The summed E-state index contributed by atoms with van der Waals surface area (Å²) in [6.07, 6.45) is 1.26. The van der Waals surface area contributed by atoms with Crippen LogP contribution in [-0.4, -0.2) is 38.4 Å². The zero-order valence-electron chi connectivity index (χ0n) is 11.7. The Kier molecular flexibility index (Phi) is 3.37. The lowest BCUT2D eigenvalue weighted by atomic mass is 9.89. The molecule has 0 aromatic heterocycles. The van der Waals surface area contributed by atoms with Crippen LogP contribution in [-0.2, 0) is 6.54 Å². The van der Waals surface area contributed by atoms with Crippen molar-refractivity contribution in [1.29, 1.82) is 0 Å². The van der Waals surface area contributed by atoms with E-state index in [0.717, 1.165) is 37.7 Å². The van der Waals surface area contributed by atoms with E-state index in [4.69, 9.17) is 9.47 Å². The molecule has 0 bridgehead atoms. The maximum atomic E-state index is 5.42. The fourth-order valence-electron chi connectivity index (χ4n) is 3.06. The molecule has 2 aliphatic heterocycles. The molecule has 1 aromatic carbocycles. The highest BCUT2D eigenvalue weighted by Crippen LogP contribution is 2.33. The number of rotatable bonds is 4. The quantitative estimate of drug-likeness (QED) is 0.898. The van der Waals surface area contributed by atoms with Crippen LogP contribution in [0.2, 0.25) is 0 Å². The number of ether oxygens (including phenoxy) is 2. The fourth-order valence-corrected chi connectivity index (χ4v) is 3.06. The summed E-state index contributed by atoms with van der Waals surface area (Å²) in [5.41, 5.74) is 1.69. The number of hydrogen-bond acceptors (Lipinski definition) is 4. The van der Waals surface area contributed by atoms with Crippen LogP contribution in [0.5, 0.6) is 11.5 Å². The minimum Gasteiger partial charge on any atom is -0.454 e. The SMILES string of the molecule is CN(Cc1ccc2c(c1)OCO2)CC1(C)CCNC1.